The van der Waals surface area contributed by atoms with Crippen molar-refractivity contribution in [2.75, 3.05) is 0 Å². The molecular weight excluding hydrogens is 243 g/mol. The summed E-state index contributed by atoms with van der Waals surface area (Å²) in [5, 5.41) is 4.21. The number of hydrogen-bond acceptors (Lipinski definition) is 2. The molecule has 0 unspecified atom stereocenters. The van der Waals surface area contributed by atoms with E-state index in [0.717, 1.165) is 23.4 Å². The highest BCUT2D eigenvalue weighted by atomic mass is 19.1. The van der Waals surface area contributed by atoms with Crippen LogP contribution in [-0.2, 0) is 6.42 Å². The predicted molar refractivity (Wildman–Crippen MR) is 72.4 cm³/mol. The van der Waals surface area contributed by atoms with Gasteiger partial charge in [0.2, 0.25) is 0 Å². The number of rotatable bonds is 3. The summed E-state index contributed by atoms with van der Waals surface area (Å²) in [7, 11) is 0. The minimum Gasteiger partial charge on any atom is -0.267 e. The molecule has 1 aromatic heterocycles. The van der Waals surface area contributed by atoms with Crippen molar-refractivity contribution >= 4 is 12.0 Å². The molecule has 0 fully saturated rings. The molecule has 19 heavy (non-hydrogen) atoms. The van der Waals surface area contributed by atoms with Gasteiger partial charge in [-0.05, 0) is 43.2 Å². The lowest BCUT2D eigenvalue weighted by atomic mass is 10.2. The lowest BCUT2D eigenvalue weighted by molar-refractivity contribution is 0.0952. The topological polar surface area (TPSA) is 34.9 Å². The van der Waals surface area contributed by atoms with Gasteiger partial charge in [0.1, 0.15) is 5.82 Å². The zero-order valence-corrected chi connectivity index (χ0v) is 10.9. The first-order valence-electron chi connectivity index (χ1n) is 6.13. The van der Waals surface area contributed by atoms with Crippen LogP contribution in [0.1, 0.15) is 28.7 Å². The Morgan fingerprint density at radius 3 is 2.63 bits per heavy atom. The van der Waals surface area contributed by atoms with Crippen LogP contribution in [-0.4, -0.2) is 15.7 Å². The highest BCUT2D eigenvalue weighted by Crippen LogP contribution is 2.07. The van der Waals surface area contributed by atoms with E-state index in [1.807, 2.05) is 19.9 Å². The number of halogens is 1. The molecule has 0 N–H and O–H groups in total. The van der Waals surface area contributed by atoms with E-state index in [1.165, 1.54) is 22.9 Å². The molecule has 0 spiro atoms. The van der Waals surface area contributed by atoms with Crippen LogP contribution in [0.15, 0.2) is 36.4 Å². The van der Waals surface area contributed by atoms with Gasteiger partial charge in [0.15, 0.2) is 0 Å². The van der Waals surface area contributed by atoms with Crippen molar-refractivity contribution in [3.63, 3.8) is 0 Å². The third-order valence-electron chi connectivity index (χ3n) is 2.80. The van der Waals surface area contributed by atoms with Gasteiger partial charge in [-0.2, -0.15) is 5.10 Å². The third-order valence-corrected chi connectivity index (χ3v) is 2.80. The van der Waals surface area contributed by atoms with Crippen LogP contribution < -0.4 is 0 Å². The molecule has 3 nitrogen and oxygen atoms in total. The van der Waals surface area contributed by atoms with Crippen LogP contribution in [0.5, 0.6) is 0 Å². The molecule has 0 aliphatic carbocycles. The average Bonchev–Trinajstić information content (AvgIpc) is 2.79. The predicted octanol–water partition coefficient (Wildman–Crippen LogP) is 3.25. The van der Waals surface area contributed by atoms with Crippen molar-refractivity contribution < 1.29 is 9.18 Å². The summed E-state index contributed by atoms with van der Waals surface area (Å²) in [5.41, 5.74) is 2.47. The molecule has 0 radical (unpaired) electrons. The SMILES string of the molecule is CCc1cc(C)n(C(=O)/C=C/c2ccc(F)cc2)n1. The Hall–Kier alpha value is -2.23. The molecule has 1 heterocycles. The first kappa shape index (κ1) is 13.2. The van der Waals surface area contributed by atoms with Crippen molar-refractivity contribution in [3.05, 3.63) is 59.2 Å². The Balaban J connectivity index is 2.16. The minimum atomic E-state index is -0.293. The Morgan fingerprint density at radius 1 is 1.37 bits per heavy atom. The molecule has 2 rings (SSSR count). The molecule has 2 aromatic rings. The first-order chi connectivity index (χ1) is 9.10. The van der Waals surface area contributed by atoms with Crippen LogP contribution in [0, 0.1) is 12.7 Å². The molecule has 0 bridgehead atoms. The number of carbonyl (C=O) groups excluding carboxylic acids is 1. The second-order valence-corrected chi connectivity index (χ2v) is 4.27. The van der Waals surface area contributed by atoms with E-state index in [-0.39, 0.29) is 11.7 Å². The Morgan fingerprint density at radius 2 is 2.05 bits per heavy atom. The Bertz CT molecular complexity index is 612. The third kappa shape index (κ3) is 3.16. The summed E-state index contributed by atoms with van der Waals surface area (Å²) < 4.78 is 14.1. The highest BCUT2D eigenvalue weighted by Gasteiger charge is 2.07. The molecule has 0 atom stereocenters. The van der Waals surface area contributed by atoms with Gasteiger partial charge in [-0.15, -0.1) is 0 Å². The smallest absolute Gasteiger partial charge is 0.267 e. The van der Waals surface area contributed by atoms with Crippen LogP contribution >= 0.6 is 0 Å². The van der Waals surface area contributed by atoms with E-state index in [9.17, 15) is 9.18 Å². The number of nitrogens with zero attached hydrogens (tertiary/aromatic N) is 2. The number of carbonyl (C=O) groups is 1. The van der Waals surface area contributed by atoms with E-state index in [1.54, 1.807) is 18.2 Å². The van der Waals surface area contributed by atoms with Gasteiger partial charge < -0.3 is 0 Å². The fraction of sp³-hybridized carbons (Fsp3) is 0.200. The molecule has 4 heteroatoms. The van der Waals surface area contributed by atoms with Gasteiger partial charge in [-0.1, -0.05) is 19.1 Å². The van der Waals surface area contributed by atoms with Crippen LogP contribution in [0.2, 0.25) is 0 Å². The molecule has 0 aliphatic rings. The fourth-order valence-corrected chi connectivity index (χ4v) is 1.75. The maximum absolute atomic E-state index is 12.7. The van der Waals surface area contributed by atoms with Crippen LogP contribution in [0.3, 0.4) is 0 Å². The summed E-state index contributed by atoms with van der Waals surface area (Å²) >= 11 is 0. The largest absolute Gasteiger partial charge is 0.271 e. The van der Waals surface area contributed by atoms with E-state index >= 15 is 0 Å². The van der Waals surface area contributed by atoms with Gasteiger partial charge >= 0.3 is 0 Å². The van der Waals surface area contributed by atoms with Crippen molar-refractivity contribution in [2.45, 2.75) is 20.3 Å². The number of aromatic nitrogens is 2. The standard InChI is InChI=1S/C15H15FN2O/c1-3-14-10-11(2)18(17-14)15(19)9-6-12-4-7-13(16)8-5-12/h4-10H,3H2,1-2H3/b9-6+. The number of allylic oxidation sites excluding steroid dienone is 1. The number of hydrogen-bond donors (Lipinski definition) is 0. The molecule has 0 amide bonds. The lowest BCUT2D eigenvalue weighted by Gasteiger charge is -1.98. The van der Waals surface area contributed by atoms with Gasteiger partial charge in [0.05, 0.1) is 5.69 Å². The van der Waals surface area contributed by atoms with Gasteiger partial charge in [-0.25, -0.2) is 9.07 Å². The van der Waals surface area contributed by atoms with Crippen molar-refractivity contribution in [3.8, 4) is 0 Å². The van der Waals surface area contributed by atoms with E-state index < -0.39 is 0 Å². The van der Waals surface area contributed by atoms with Crippen molar-refractivity contribution in [1.29, 1.82) is 0 Å². The minimum absolute atomic E-state index is 0.207. The Labute approximate surface area is 111 Å². The molecule has 1 aromatic carbocycles. The quantitative estimate of drug-likeness (QED) is 0.792. The van der Waals surface area contributed by atoms with Gasteiger partial charge in [0.25, 0.3) is 5.91 Å². The zero-order valence-electron chi connectivity index (χ0n) is 10.9. The maximum atomic E-state index is 12.7. The zero-order chi connectivity index (χ0) is 13.8. The molecular formula is C15H15FN2O. The van der Waals surface area contributed by atoms with Crippen molar-refractivity contribution in [2.24, 2.45) is 0 Å². The van der Waals surface area contributed by atoms with Gasteiger partial charge in [-0.3, -0.25) is 4.79 Å². The summed E-state index contributed by atoms with van der Waals surface area (Å²) in [6, 6.07) is 7.85. The molecule has 98 valence electrons. The summed E-state index contributed by atoms with van der Waals surface area (Å²) in [6.07, 6.45) is 3.88. The summed E-state index contributed by atoms with van der Waals surface area (Å²) in [5.74, 6) is -0.500. The van der Waals surface area contributed by atoms with Crippen molar-refractivity contribution in [1.82, 2.24) is 9.78 Å². The van der Waals surface area contributed by atoms with Crippen LogP contribution in [0.4, 0.5) is 4.39 Å². The van der Waals surface area contributed by atoms with E-state index in [2.05, 4.69) is 5.10 Å². The summed E-state index contributed by atoms with van der Waals surface area (Å²) in [4.78, 5) is 12.0. The molecule has 0 saturated carbocycles. The monoisotopic (exact) mass is 258 g/mol. The van der Waals surface area contributed by atoms with E-state index in [0.29, 0.717) is 0 Å². The second kappa shape index (κ2) is 5.61. The molecule has 0 saturated heterocycles. The van der Waals surface area contributed by atoms with Crippen LogP contribution in [0.25, 0.3) is 6.08 Å². The average molecular weight is 258 g/mol. The first-order valence-corrected chi connectivity index (χ1v) is 6.13. The maximum Gasteiger partial charge on any atom is 0.271 e. The van der Waals surface area contributed by atoms with Gasteiger partial charge in [0, 0.05) is 11.8 Å². The summed E-state index contributed by atoms with van der Waals surface area (Å²) in [6.45, 7) is 3.83. The lowest BCUT2D eigenvalue weighted by Crippen LogP contribution is -2.11. The number of benzene rings is 1. The Kier molecular flexibility index (Phi) is 3.90. The van der Waals surface area contributed by atoms with E-state index in [4.69, 9.17) is 0 Å². The number of aryl methyl sites for hydroxylation is 2. The second-order valence-electron chi connectivity index (χ2n) is 4.27. The fourth-order valence-electron chi connectivity index (χ4n) is 1.75. The molecule has 0 aliphatic heterocycles. The highest BCUT2D eigenvalue weighted by molar-refractivity contribution is 5.93. The normalized spacial score (nSPS) is 11.1.